The van der Waals surface area contributed by atoms with Gasteiger partial charge in [0.15, 0.2) is 0 Å². The number of hydrogen-bond donors (Lipinski definition) is 2. The van der Waals surface area contributed by atoms with E-state index in [1.807, 2.05) is 52.8 Å². The first-order chi connectivity index (χ1) is 10.6. The Kier molecular flexibility index (Phi) is 4.41. The number of carbonyl (C=O) groups excluding carboxylic acids is 1. The van der Waals surface area contributed by atoms with E-state index in [1.54, 1.807) is 6.92 Å². The second kappa shape index (κ2) is 5.99. The number of amides is 1. The van der Waals surface area contributed by atoms with Crippen molar-refractivity contribution >= 4 is 11.6 Å². The van der Waals surface area contributed by atoms with Crippen LogP contribution < -0.4 is 10.9 Å². The first kappa shape index (κ1) is 16.9. The molecule has 0 spiro atoms. The van der Waals surface area contributed by atoms with Crippen molar-refractivity contribution in [3.05, 3.63) is 56.8 Å². The molecule has 0 saturated carbocycles. The second-order valence-corrected chi connectivity index (χ2v) is 6.88. The van der Waals surface area contributed by atoms with Crippen molar-refractivity contribution in [2.75, 3.05) is 5.32 Å². The highest BCUT2D eigenvalue weighted by molar-refractivity contribution is 6.04. The van der Waals surface area contributed by atoms with E-state index in [1.165, 1.54) is 0 Å². The number of aromatic nitrogens is 2. The van der Waals surface area contributed by atoms with Gasteiger partial charge in [-0.2, -0.15) is 0 Å². The standard InChI is InChI=1S/C18H23N3O2/c1-10-7-8-13(9-11(10)2)20-15(22)14-12(3)19-17(18(4,5)6)21-16(14)23/h7-9H,1-6H3,(H,20,22)(H,19,21,23). The van der Waals surface area contributed by atoms with Crippen LogP contribution in [0.25, 0.3) is 0 Å². The van der Waals surface area contributed by atoms with Gasteiger partial charge in [-0.25, -0.2) is 4.98 Å². The van der Waals surface area contributed by atoms with Crippen LogP contribution in [0, 0.1) is 20.8 Å². The van der Waals surface area contributed by atoms with Crippen LogP contribution >= 0.6 is 0 Å². The molecule has 5 nitrogen and oxygen atoms in total. The summed E-state index contributed by atoms with van der Waals surface area (Å²) in [5, 5.41) is 2.77. The van der Waals surface area contributed by atoms with Gasteiger partial charge in [0.1, 0.15) is 11.4 Å². The number of carbonyl (C=O) groups is 1. The number of nitrogens with one attached hydrogen (secondary N) is 2. The molecule has 0 saturated heterocycles. The van der Waals surface area contributed by atoms with Crippen molar-refractivity contribution in [1.29, 1.82) is 0 Å². The van der Waals surface area contributed by atoms with Crippen molar-refractivity contribution < 1.29 is 4.79 Å². The van der Waals surface area contributed by atoms with Gasteiger partial charge in [0.25, 0.3) is 11.5 Å². The van der Waals surface area contributed by atoms with Crippen LogP contribution in [0.2, 0.25) is 0 Å². The summed E-state index contributed by atoms with van der Waals surface area (Å²) in [7, 11) is 0. The summed E-state index contributed by atoms with van der Waals surface area (Å²) in [5.41, 5.74) is 2.67. The van der Waals surface area contributed by atoms with E-state index in [2.05, 4.69) is 15.3 Å². The van der Waals surface area contributed by atoms with Crippen LogP contribution in [-0.2, 0) is 5.41 Å². The smallest absolute Gasteiger partial charge is 0.264 e. The Morgan fingerprint density at radius 1 is 1.13 bits per heavy atom. The van der Waals surface area contributed by atoms with Crippen LogP contribution in [0.4, 0.5) is 5.69 Å². The molecule has 0 radical (unpaired) electrons. The molecule has 23 heavy (non-hydrogen) atoms. The summed E-state index contributed by atoms with van der Waals surface area (Å²) in [6, 6.07) is 5.64. The van der Waals surface area contributed by atoms with E-state index in [4.69, 9.17) is 0 Å². The minimum atomic E-state index is -0.444. The molecule has 1 aromatic heterocycles. The fraction of sp³-hybridized carbons (Fsp3) is 0.389. The number of H-pyrrole nitrogens is 1. The van der Waals surface area contributed by atoms with E-state index in [9.17, 15) is 9.59 Å². The third-order valence-corrected chi connectivity index (χ3v) is 3.80. The monoisotopic (exact) mass is 313 g/mol. The number of hydrogen-bond acceptors (Lipinski definition) is 3. The Morgan fingerprint density at radius 2 is 1.78 bits per heavy atom. The molecule has 2 aromatic rings. The number of nitrogens with zero attached hydrogens (tertiary/aromatic N) is 1. The summed E-state index contributed by atoms with van der Waals surface area (Å²) >= 11 is 0. The average molecular weight is 313 g/mol. The highest BCUT2D eigenvalue weighted by Gasteiger charge is 2.22. The highest BCUT2D eigenvalue weighted by atomic mass is 16.2. The largest absolute Gasteiger partial charge is 0.322 e. The van der Waals surface area contributed by atoms with Crippen molar-refractivity contribution in [1.82, 2.24) is 9.97 Å². The predicted octanol–water partition coefficient (Wildman–Crippen LogP) is 3.24. The first-order valence-electron chi connectivity index (χ1n) is 7.59. The van der Waals surface area contributed by atoms with E-state index in [0.717, 1.165) is 11.1 Å². The lowest BCUT2D eigenvalue weighted by Crippen LogP contribution is -2.30. The maximum absolute atomic E-state index is 12.4. The van der Waals surface area contributed by atoms with Gasteiger partial charge in [-0.15, -0.1) is 0 Å². The Bertz CT molecular complexity index is 814. The summed E-state index contributed by atoms with van der Waals surface area (Å²) in [6.07, 6.45) is 0. The third-order valence-electron chi connectivity index (χ3n) is 3.80. The van der Waals surface area contributed by atoms with Gasteiger partial charge in [0, 0.05) is 11.1 Å². The van der Waals surface area contributed by atoms with Crippen molar-refractivity contribution in [2.45, 2.75) is 47.0 Å². The Balaban J connectivity index is 2.36. The Morgan fingerprint density at radius 3 is 2.30 bits per heavy atom. The quantitative estimate of drug-likeness (QED) is 0.893. The summed E-state index contributed by atoms with van der Waals surface area (Å²) < 4.78 is 0. The molecular formula is C18H23N3O2. The third kappa shape index (κ3) is 3.67. The number of rotatable bonds is 2. The lowest BCUT2D eigenvalue weighted by molar-refractivity contribution is 0.102. The molecule has 0 atom stereocenters. The number of aryl methyl sites for hydroxylation is 3. The zero-order valence-corrected chi connectivity index (χ0v) is 14.5. The molecule has 0 bridgehead atoms. The van der Waals surface area contributed by atoms with Gasteiger partial charge in [0.2, 0.25) is 0 Å². The Labute approximate surface area is 136 Å². The van der Waals surface area contributed by atoms with Crippen LogP contribution in [0.15, 0.2) is 23.0 Å². The van der Waals surface area contributed by atoms with Gasteiger partial charge < -0.3 is 10.3 Å². The molecule has 122 valence electrons. The molecule has 5 heteroatoms. The molecule has 2 rings (SSSR count). The van der Waals surface area contributed by atoms with E-state index < -0.39 is 11.5 Å². The predicted molar refractivity (Wildman–Crippen MR) is 92.2 cm³/mol. The van der Waals surface area contributed by atoms with E-state index in [-0.39, 0.29) is 11.0 Å². The van der Waals surface area contributed by atoms with Gasteiger partial charge in [-0.05, 0) is 44.0 Å². The van der Waals surface area contributed by atoms with Crippen LogP contribution in [0.3, 0.4) is 0 Å². The van der Waals surface area contributed by atoms with E-state index >= 15 is 0 Å². The lowest BCUT2D eigenvalue weighted by atomic mass is 9.95. The van der Waals surface area contributed by atoms with Gasteiger partial charge in [-0.1, -0.05) is 26.8 Å². The van der Waals surface area contributed by atoms with Gasteiger partial charge in [0.05, 0.1) is 5.69 Å². The molecule has 0 aliphatic rings. The summed E-state index contributed by atoms with van der Waals surface area (Å²) in [6.45, 7) is 11.5. The van der Waals surface area contributed by atoms with E-state index in [0.29, 0.717) is 17.2 Å². The number of anilines is 1. The van der Waals surface area contributed by atoms with Crippen molar-refractivity contribution in [3.8, 4) is 0 Å². The fourth-order valence-electron chi connectivity index (χ4n) is 2.22. The normalized spacial score (nSPS) is 11.4. The molecule has 1 amide bonds. The fourth-order valence-corrected chi connectivity index (χ4v) is 2.22. The van der Waals surface area contributed by atoms with Crippen LogP contribution in [0.1, 0.15) is 53.8 Å². The second-order valence-electron chi connectivity index (χ2n) is 6.88. The number of benzene rings is 1. The van der Waals surface area contributed by atoms with Gasteiger partial charge in [-0.3, -0.25) is 9.59 Å². The zero-order chi connectivity index (χ0) is 17.4. The lowest BCUT2D eigenvalue weighted by Gasteiger charge is -2.18. The maximum atomic E-state index is 12.4. The van der Waals surface area contributed by atoms with Crippen LogP contribution in [-0.4, -0.2) is 15.9 Å². The summed E-state index contributed by atoms with van der Waals surface area (Å²) in [4.78, 5) is 31.8. The van der Waals surface area contributed by atoms with Gasteiger partial charge >= 0.3 is 0 Å². The topological polar surface area (TPSA) is 74.8 Å². The molecule has 0 fully saturated rings. The van der Waals surface area contributed by atoms with Crippen molar-refractivity contribution in [3.63, 3.8) is 0 Å². The Hall–Kier alpha value is -2.43. The molecule has 0 unspecified atom stereocenters. The maximum Gasteiger partial charge on any atom is 0.264 e. The zero-order valence-electron chi connectivity index (χ0n) is 14.5. The first-order valence-corrected chi connectivity index (χ1v) is 7.59. The highest BCUT2D eigenvalue weighted by Crippen LogP contribution is 2.18. The molecule has 0 aliphatic heterocycles. The molecule has 1 aromatic carbocycles. The SMILES string of the molecule is Cc1ccc(NC(=O)c2c(C)nc(C(C)(C)C)[nH]c2=O)cc1C. The van der Waals surface area contributed by atoms with Crippen molar-refractivity contribution in [2.24, 2.45) is 0 Å². The minimum Gasteiger partial charge on any atom is -0.322 e. The molecule has 2 N–H and O–H groups in total. The number of aromatic amines is 1. The molecule has 1 heterocycles. The molecular weight excluding hydrogens is 290 g/mol. The molecule has 0 aliphatic carbocycles. The minimum absolute atomic E-state index is 0.0521. The summed E-state index contributed by atoms with van der Waals surface area (Å²) in [5.74, 6) is 0.127. The average Bonchev–Trinajstić information content (AvgIpc) is 2.41. The van der Waals surface area contributed by atoms with Crippen LogP contribution in [0.5, 0.6) is 0 Å².